The smallest absolute Gasteiger partial charge is 0.419 e. The average molecular weight is 552 g/mol. The maximum Gasteiger partial charge on any atom is 0.419 e. The number of amides is 2. The number of methoxy groups -OCH3 is 1. The van der Waals surface area contributed by atoms with Gasteiger partial charge >= 0.3 is 6.18 Å². The predicted molar refractivity (Wildman–Crippen MR) is 136 cm³/mol. The number of halogens is 5. The molecular formula is C26H26F5N5O3. The lowest BCUT2D eigenvalue weighted by Gasteiger charge is -2.15. The van der Waals surface area contributed by atoms with Gasteiger partial charge in [0.15, 0.2) is 0 Å². The number of alkyl halides is 3. The Labute approximate surface area is 220 Å². The standard InChI is InChI=1S/C21H15F5N4O3.C5H11N/c1-33-16-6-7-28-18(27)17(16)20(32)30-15-8-10(22)2-4-12(15)19(31)29-11-3-5-14(23)13(9-11)21(24,25)26;1-2-4-6-5-3-1/h2-9H,1H3,(H2,27,28)(H,29,31)(H,30,32);6H,1-5H2. The van der Waals surface area contributed by atoms with Crippen LogP contribution in [0.1, 0.15) is 45.5 Å². The summed E-state index contributed by atoms with van der Waals surface area (Å²) in [6, 6.07) is 5.99. The summed E-state index contributed by atoms with van der Waals surface area (Å²) in [6.07, 6.45) is 0.527. The number of anilines is 3. The second kappa shape index (κ2) is 13.0. The van der Waals surface area contributed by atoms with Gasteiger partial charge in [-0.2, -0.15) is 13.2 Å². The van der Waals surface area contributed by atoms with E-state index in [4.69, 9.17) is 10.5 Å². The molecule has 1 saturated heterocycles. The number of piperidine rings is 1. The van der Waals surface area contributed by atoms with E-state index in [2.05, 4.69) is 20.9 Å². The molecule has 0 atom stereocenters. The van der Waals surface area contributed by atoms with Crippen molar-refractivity contribution >= 4 is 29.0 Å². The van der Waals surface area contributed by atoms with Crippen molar-refractivity contribution in [2.45, 2.75) is 25.4 Å². The summed E-state index contributed by atoms with van der Waals surface area (Å²) >= 11 is 0. The largest absolute Gasteiger partial charge is 0.496 e. The quantitative estimate of drug-likeness (QED) is 0.323. The molecule has 2 aromatic carbocycles. The fourth-order valence-electron chi connectivity index (χ4n) is 3.68. The van der Waals surface area contributed by atoms with E-state index in [0.29, 0.717) is 12.1 Å². The average Bonchev–Trinajstić information content (AvgIpc) is 2.90. The first-order valence-electron chi connectivity index (χ1n) is 11.8. The monoisotopic (exact) mass is 551 g/mol. The molecule has 0 radical (unpaired) electrons. The first kappa shape index (κ1) is 29.3. The highest BCUT2D eigenvalue weighted by molar-refractivity contribution is 6.14. The van der Waals surface area contributed by atoms with Crippen molar-refractivity contribution in [1.82, 2.24) is 10.3 Å². The van der Waals surface area contributed by atoms with E-state index in [1.165, 1.54) is 51.7 Å². The Balaban J connectivity index is 0.000000617. The summed E-state index contributed by atoms with van der Waals surface area (Å²) in [5.74, 6) is -4.32. The van der Waals surface area contributed by atoms with Crippen molar-refractivity contribution in [3.63, 3.8) is 0 Å². The molecule has 0 bridgehead atoms. The van der Waals surface area contributed by atoms with Crippen LogP contribution < -0.4 is 26.4 Å². The first-order chi connectivity index (χ1) is 18.5. The van der Waals surface area contributed by atoms with Gasteiger partial charge in [0.05, 0.1) is 23.9 Å². The third-order valence-electron chi connectivity index (χ3n) is 5.60. The molecule has 8 nitrogen and oxygen atoms in total. The normalized spacial score (nSPS) is 13.1. The minimum absolute atomic E-state index is 0.0633. The number of carbonyl (C=O) groups is 2. The zero-order valence-corrected chi connectivity index (χ0v) is 20.8. The fraction of sp³-hybridized carbons (Fsp3) is 0.269. The highest BCUT2D eigenvalue weighted by Crippen LogP contribution is 2.33. The Hall–Kier alpha value is -4.26. The number of aromatic nitrogens is 1. The van der Waals surface area contributed by atoms with Crippen LogP contribution in [0.2, 0.25) is 0 Å². The van der Waals surface area contributed by atoms with Gasteiger partial charge < -0.3 is 26.4 Å². The Morgan fingerprint density at radius 2 is 1.69 bits per heavy atom. The molecule has 3 aromatic rings. The molecule has 0 unspecified atom stereocenters. The Morgan fingerprint density at radius 3 is 2.28 bits per heavy atom. The number of carbonyl (C=O) groups excluding carboxylic acids is 2. The van der Waals surface area contributed by atoms with Crippen molar-refractivity contribution in [3.05, 3.63) is 77.0 Å². The van der Waals surface area contributed by atoms with E-state index in [1.54, 1.807) is 0 Å². The summed E-state index contributed by atoms with van der Waals surface area (Å²) in [5.41, 5.74) is 3.00. The number of pyridine rings is 1. The van der Waals surface area contributed by atoms with E-state index in [9.17, 15) is 31.5 Å². The molecule has 4 rings (SSSR count). The van der Waals surface area contributed by atoms with Crippen molar-refractivity contribution in [3.8, 4) is 5.75 Å². The van der Waals surface area contributed by atoms with Crippen molar-refractivity contribution in [2.24, 2.45) is 0 Å². The van der Waals surface area contributed by atoms with E-state index in [-0.39, 0.29) is 34.1 Å². The lowest BCUT2D eigenvalue weighted by atomic mass is 10.1. The van der Waals surface area contributed by atoms with Gasteiger partial charge in [-0.05, 0) is 68.4 Å². The van der Waals surface area contributed by atoms with Crippen LogP contribution in [0.3, 0.4) is 0 Å². The Bertz CT molecular complexity index is 1320. The molecule has 2 amide bonds. The number of nitrogen functional groups attached to an aromatic ring is 1. The second-order valence-corrected chi connectivity index (χ2v) is 8.37. The molecule has 208 valence electrons. The van der Waals surface area contributed by atoms with Gasteiger partial charge in [0, 0.05) is 11.9 Å². The summed E-state index contributed by atoms with van der Waals surface area (Å²) in [4.78, 5) is 29.2. The van der Waals surface area contributed by atoms with E-state index in [0.717, 1.165) is 24.3 Å². The maximum atomic E-state index is 13.8. The number of rotatable bonds is 5. The van der Waals surface area contributed by atoms with Gasteiger partial charge in [0.1, 0.15) is 28.8 Å². The van der Waals surface area contributed by atoms with Gasteiger partial charge in [0.25, 0.3) is 11.8 Å². The van der Waals surface area contributed by atoms with Crippen LogP contribution in [0.15, 0.2) is 48.7 Å². The zero-order valence-electron chi connectivity index (χ0n) is 20.8. The van der Waals surface area contributed by atoms with E-state index in [1.807, 2.05) is 0 Å². The second-order valence-electron chi connectivity index (χ2n) is 8.37. The Morgan fingerprint density at radius 1 is 0.974 bits per heavy atom. The molecule has 1 aliphatic rings. The minimum atomic E-state index is -4.98. The number of nitrogens with two attached hydrogens (primary N) is 1. The molecule has 5 N–H and O–H groups in total. The van der Waals surface area contributed by atoms with Gasteiger partial charge in [-0.3, -0.25) is 9.59 Å². The van der Waals surface area contributed by atoms with Crippen LogP contribution in [-0.4, -0.2) is 37.0 Å². The number of hydrogen-bond donors (Lipinski definition) is 4. The molecule has 2 heterocycles. The molecule has 0 spiro atoms. The lowest BCUT2D eigenvalue weighted by Crippen LogP contribution is -2.21. The molecule has 1 aliphatic heterocycles. The zero-order chi connectivity index (χ0) is 28.6. The minimum Gasteiger partial charge on any atom is -0.496 e. The molecule has 1 fully saturated rings. The fourth-order valence-corrected chi connectivity index (χ4v) is 3.68. The van der Waals surface area contributed by atoms with Gasteiger partial charge in [-0.15, -0.1) is 0 Å². The molecule has 1 aromatic heterocycles. The topological polar surface area (TPSA) is 118 Å². The predicted octanol–water partition coefficient (Wildman–Crippen LogP) is 5.23. The van der Waals surface area contributed by atoms with Gasteiger partial charge in [-0.1, -0.05) is 6.42 Å². The van der Waals surface area contributed by atoms with Gasteiger partial charge in [-0.25, -0.2) is 13.8 Å². The Kier molecular flexibility index (Phi) is 9.77. The molecular weight excluding hydrogens is 525 g/mol. The highest BCUT2D eigenvalue weighted by atomic mass is 19.4. The maximum absolute atomic E-state index is 13.8. The van der Waals surface area contributed by atoms with Crippen molar-refractivity contribution in [1.29, 1.82) is 0 Å². The van der Waals surface area contributed by atoms with Crippen LogP contribution in [0, 0.1) is 11.6 Å². The number of hydrogen-bond acceptors (Lipinski definition) is 6. The SMILES string of the molecule is C1CCNCC1.COc1ccnc(N)c1C(=O)Nc1cc(F)ccc1C(=O)Nc1ccc(F)c(C(F)(F)F)c1. The number of benzene rings is 2. The summed E-state index contributed by atoms with van der Waals surface area (Å²) < 4.78 is 71.2. The van der Waals surface area contributed by atoms with E-state index >= 15 is 0 Å². The van der Waals surface area contributed by atoms with Crippen LogP contribution >= 0.6 is 0 Å². The van der Waals surface area contributed by atoms with Crippen LogP contribution in [0.4, 0.5) is 39.1 Å². The van der Waals surface area contributed by atoms with Crippen molar-refractivity contribution in [2.75, 3.05) is 36.6 Å². The number of ether oxygens (including phenoxy) is 1. The molecule has 13 heteroatoms. The van der Waals surface area contributed by atoms with Crippen LogP contribution in [0.5, 0.6) is 5.75 Å². The first-order valence-corrected chi connectivity index (χ1v) is 11.8. The highest BCUT2D eigenvalue weighted by Gasteiger charge is 2.34. The lowest BCUT2D eigenvalue weighted by molar-refractivity contribution is -0.139. The third kappa shape index (κ3) is 7.87. The number of nitrogens with one attached hydrogen (secondary N) is 3. The summed E-state index contributed by atoms with van der Waals surface area (Å²) in [7, 11) is 1.28. The molecule has 0 aliphatic carbocycles. The third-order valence-corrected chi connectivity index (χ3v) is 5.60. The molecule has 0 saturated carbocycles. The molecule has 39 heavy (non-hydrogen) atoms. The van der Waals surface area contributed by atoms with Crippen LogP contribution in [0.25, 0.3) is 0 Å². The summed E-state index contributed by atoms with van der Waals surface area (Å²) in [5, 5.41) is 7.76. The van der Waals surface area contributed by atoms with Crippen molar-refractivity contribution < 1.29 is 36.3 Å². The van der Waals surface area contributed by atoms with Gasteiger partial charge in [0.2, 0.25) is 0 Å². The van der Waals surface area contributed by atoms with Crippen LogP contribution in [-0.2, 0) is 6.18 Å². The number of nitrogens with zero attached hydrogens (tertiary/aromatic N) is 1. The van der Waals surface area contributed by atoms with E-state index < -0.39 is 35.2 Å². The summed E-state index contributed by atoms with van der Waals surface area (Å²) in [6.45, 7) is 2.50.